The lowest BCUT2D eigenvalue weighted by Gasteiger charge is -2.26. The number of benzene rings is 1. The molecule has 0 aliphatic heterocycles. The molecule has 3 rings (SSSR count). The van der Waals surface area contributed by atoms with Crippen molar-refractivity contribution in [3.63, 3.8) is 0 Å². The van der Waals surface area contributed by atoms with Gasteiger partial charge in [0.05, 0.1) is 5.52 Å². The summed E-state index contributed by atoms with van der Waals surface area (Å²) in [5.74, 6) is -1.20. The van der Waals surface area contributed by atoms with Crippen LogP contribution in [0, 0.1) is 6.92 Å². The number of hydrogen-bond acceptors (Lipinski definition) is 3. The number of carbonyl (C=O) groups excluding carboxylic acids is 1. The maximum absolute atomic E-state index is 12.7. The van der Waals surface area contributed by atoms with E-state index >= 15 is 0 Å². The molecule has 1 aromatic heterocycles. The number of rotatable bonds is 4. The molecule has 1 heterocycles. The minimum absolute atomic E-state index is 0.0467. The summed E-state index contributed by atoms with van der Waals surface area (Å²) in [7, 11) is 0. The van der Waals surface area contributed by atoms with Crippen molar-refractivity contribution < 1.29 is 14.7 Å². The van der Waals surface area contributed by atoms with Crippen LogP contribution in [0.2, 0.25) is 0 Å². The molecule has 1 fully saturated rings. The Bertz CT molecular complexity index is 753. The van der Waals surface area contributed by atoms with Crippen LogP contribution in [0.3, 0.4) is 0 Å². The molecular weight excluding hydrogens is 280 g/mol. The van der Waals surface area contributed by atoms with Crippen molar-refractivity contribution in [3.8, 4) is 0 Å². The van der Waals surface area contributed by atoms with Gasteiger partial charge in [0.2, 0.25) is 0 Å². The highest BCUT2D eigenvalue weighted by molar-refractivity contribution is 6.00. The summed E-state index contributed by atoms with van der Waals surface area (Å²) in [6, 6.07) is 8.38. The molecule has 1 aliphatic carbocycles. The van der Waals surface area contributed by atoms with E-state index in [1.165, 1.54) is 4.90 Å². The number of carboxylic acid groups (broad SMARTS) is 1. The second-order valence-corrected chi connectivity index (χ2v) is 5.82. The van der Waals surface area contributed by atoms with Crippen LogP contribution < -0.4 is 0 Å². The van der Waals surface area contributed by atoms with Crippen molar-refractivity contribution in [2.45, 2.75) is 38.8 Å². The van der Waals surface area contributed by atoms with Crippen LogP contribution in [0.5, 0.6) is 0 Å². The molecule has 0 bridgehead atoms. The molecule has 2 aromatic rings. The van der Waals surface area contributed by atoms with Gasteiger partial charge in [-0.2, -0.15) is 0 Å². The van der Waals surface area contributed by atoms with Crippen LogP contribution in [0.1, 0.15) is 35.8 Å². The Hall–Kier alpha value is -2.43. The number of aromatic nitrogens is 1. The Labute approximate surface area is 128 Å². The maximum Gasteiger partial charge on any atom is 0.326 e. The summed E-state index contributed by atoms with van der Waals surface area (Å²) >= 11 is 0. The zero-order chi connectivity index (χ0) is 15.9. The molecule has 5 nitrogen and oxygen atoms in total. The third-order valence-electron chi connectivity index (χ3n) is 4.02. The molecule has 22 heavy (non-hydrogen) atoms. The van der Waals surface area contributed by atoms with E-state index in [1.54, 1.807) is 19.1 Å². The first kappa shape index (κ1) is 14.5. The summed E-state index contributed by atoms with van der Waals surface area (Å²) in [5, 5.41) is 10.1. The smallest absolute Gasteiger partial charge is 0.326 e. The summed E-state index contributed by atoms with van der Waals surface area (Å²) in [6.45, 7) is 3.48. The lowest BCUT2D eigenvalue weighted by molar-refractivity contribution is -0.141. The van der Waals surface area contributed by atoms with Crippen molar-refractivity contribution in [1.29, 1.82) is 0 Å². The van der Waals surface area contributed by atoms with E-state index in [4.69, 9.17) is 0 Å². The number of hydrogen-bond donors (Lipinski definition) is 1. The zero-order valence-electron chi connectivity index (χ0n) is 12.6. The second kappa shape index (κ2) is 5.40. The number of carbonyl (C=O) groups is 2. The van der Waals surface area contributed by atoms with Gasteiger partial charge < -0.3 is 10.0 Å². The fraction of sp³-hybridized carbons (Fsp3) is 0.353. The van der Waals surface area contributed by atoms with E-state index in [-0.39, 0.29) is 11.9 Å². The lowest BCUT2D eigenvalue weighted by Crippen LogP contribution is -2.44. The molecule has 114 valence electrons. The van der Waals surface area contributed by atoms with E-state index in [0.717, 1.165) is 29.4 Å². The molecule has 5 heteroatoms. The minimum Gasteiger partial charge on any atom is -0.480 e. The van der Waals surface area contributed by atoms with Gasteiger partial charge >= 0.3 is 5.97 Å². The highest BCUT2D eigenvalue weighted by atomic mass is 16.4. The van der Waals surface area contributed by atoms with Crippen molar-refractivity contribution in [2.75, 3.05) is 0 Å². The topological polar surface area (TPSA) is 70.5 Å². The van der Waals surface area contributed by atoms with Crippen LogP contribution in [0.4, 0.5) is 0 Å². The van der Waals surface area contributed by atoms with Crippen molar-refractivity contribution in [2.24, 2.45) is 0 Å². The van der Waals surface area contributed by atoms with Gasteiger partial charge in [-0.05, 0) is 51.0 Å². The Kier molecular flexibility index (Phi) is 3.56. The first-order chi connectivity index (χ1) is 10.5. The summed E-state index contributed by atoms with van der Waals surface area (Å²) in [5.41, 5.74) is 2.27. The third-order valence-corrected chi connectivity index (χ3v) is 4.02. The van der Waals surface area contributed by atoms with E-state index in [2.05, 4.69) is 4.98 Å². The van der Waals surface area contributed by atoms with Crippen molar-refractivity contribution >= 4 is 22.8 Å². The van der Waals surface area contributed by atoms with Gasteiger partial charge in [0.1, 0.15) is 6.04 Å². The average Bonchev–Trinajstić information content (AvgIpc) is 3.31. The van der Waals surface area contributed by atoms with Crippen LogP contribution in [-0.4, -0.2) is 39.0 Å². The largest absolute Gasteiger partial charge is 0.480 e. The van der Waals surface area contributed by atoms with Gasteiger partial charge in [0.25, 0.3) is 5.91 Å². The summed E-state index contributed by atoms with van der Waals surface area (Å²) in [4.78, 5) is 29.9. The monoisotopic (exact) mass is 298 g/mol. The molecule has 1 unspecified atom stereocenters. The van der Waals surface area contributed by atoms with Gasteiger partial charge in [-0.3, -0.25) is 9.78 Å². The highest BCUT2D eigenvalue weighted by Gasteiger charge is 2.38. The Morgan fingerprint density at radius 1 is 1.27 bits per heavy atom. The van der Waals surface area contributed by atoms with E-state index < -0.39 is 12.0 Å². The van der Waals surface area contributed by atoms with Gasteiger partial charge in [-0.15, -0.1) is 0 Å². The summed E-state index contributed by atoms with van der Waals surface area (Å²) in [6.07, 6.45) is 1.75. The Morgan fingerprint density at radius 3 is 2.64 bits per heavy atom. The number of pyridine rings is 1. The zero-order valence-corrected chi connectivity index (χ0v) is 12.6. The first-order valence-corrected chi connectivity index (χ1v) is 7.40. The Balaban J connectivity index is 1.96. The van der Waals surface area contributed by atoms with E-state index in [1.807, 2.05) is 25.1 Å². The minimum atomic E-state index is -0.974. The fourth-order valence-electron chi connectivity index (χ4n) is 2.64. The van der Waals surface area contributed by atoms with Gasteiger partial charge in [0, 0.05) is 22.7 Å². The third kappa shape index (κ3) is 2.66. The normalized spacial score (nSPS) is 15.5. The van der Waals surface area contributed by atoms with Crippen LogP contribution >= 0.6 is 0 Å². The van der Waals surface area contributed by atoms with Crippen molar-refractivity contribution in [3.05, 3.63) is 41.6 Å². The molecule has 1 saturated carbocycles. The Morgan fingerprint density at radius 2 is 2.00 bits per heavy atom. The number of amides is 1. The standard InChI is InChI=1S/C17H18N2O3/c1-10-3-4-12-9-13(5-8-15(12)18-10)16(20)19(14-6-7-14)11(2)17(21)22/h3-5,8-9,11,14H,6-7H2,1-2H3,(H,21,22). The van der Waals surface area contributed by atoms with Gasteiger partial charge in [-0.25, -0.2) is 4.79 Å². The molecule has 0 radical (unpaired) electrons. The van der Waals surface area contributed by atoms with E-state index in [9.17, 15) is 14.7 Å². The lowest BCUT2D eigenvalue weighted by atomic mass is 10.1. The molecule has 1 aromatic carbocycles. The number of fused-ring (bicyclic) bond motifs is 1. The highest BCUT2D eigenvalue weighted by Crippen LogP contribution is 2.30. The van der Waals surface area contributed by atoms with Gasteiger partial charge in [0.15, 0.2) is 0 Å². The van der Waals surface area contributed by atoms with Crippen molar-refractivity contribution in [1.82, 2.24) is 9.88 Å². The average molecular weight is 298 g/mol. The quantitative estimate of drug-likeness (QED) is 0.942. The number of aryl methyl sites for hydroxylation is 1. The molecule has 0 saturated heterocycles. The molecule has 1 atom stereocenters. The van der Waals surface area contributed by atoms with Crippen LogP contribution in [0.15, 0.2) is 30.3 Å². The van der Waals surface area contributed by atoms with Gasteiger partial charge in [-0.1, -0.05) is 6.07 Å². The predicted molar refractivity (Wildman–Crippen MR) is 82.8 cm³/mol. The first-order valence-electron chi connectivity index (χ1n) is 7.40. The maximum atomic E-state index is 12.7. The predicted octanol–water partition coefficient (Wildman–Crippen LogP) is 2.62. The molecule has 1 aliphatic rings. The second-order valence-electron chi connectivity index (χ2n) is 5.82. The molecule has 0 spiro atoms. The SMILES string of the molecule is Cc1ccc2cc(C(=O)N(C3CC3)C(C)C(=O)O)ccc2n1. The molecule has 1 amide bonds. The number of carboxylic acids is 1. The van der Waals surface area contributed by atoms with E-state index in [0.29, 0.717) is 5.56 Å². The van der Waals surface area contributed by atoms with Crippen LogP contribution in [0.25, 0.3) is 10.9 Å². The molecule has 1 N–H and O–H groups in total. The number of aliphatic carboxylic acids is 1. The fourth-order valence-corrected chi connectivity index (χ4v) is 2.64. The van der Waals surface area contributed by atoms with Crippen LogP contribution in [-0.2, 0) is 4.79 Å². The summed E-state index contributed by atoms with van der Waals surface area (Å²) < 4.78 is 0. The molecular formula is C17H18N2O3. The number of nitrogens with zero attached hydrogens (tertiary/aromatic N) is 2.